The second-order valence-electron chi connectivity index (χ2n) is 11.2. The number of aliphatic imine (C=N–C) groups is 2. The van der Waals surface area contributed by atoms with Crippen molar-refractivity contribution >= 4 is 76.7 Å². The zero-order valence-corrected chi connectivity index (χ0v) is 33.4. The molecule has 0 aromatic heterocycles. The number of benzene rings is 5. The number of halogens is 2. The van der Waals surface area contributed by atoms with Gasteiger partial charge in [-0.2, -0.15) is 0 Å². The second kappa shape index (κ2) is 21.7. The van der Waals surface area contributed by atoms with Gasteiger partial charge in [0.1, 0.15) is 0 Å². The summed E-state index contributed by atoms with van der Waals surface area (Å²) < 4.78 is 0. The molecule has 0 aliphatic rings. The topological polar surface area (TPSA) is 24.7 Å². The molecule has 0 N–H and O–H groups in total. The molecular formula is C40H44Br2FeN2P2+2. The van der Waals surface area contributed by atoms with E-state index in [0.29, 0.717) is 0 Å². The molecule has 0 radical (unpaired) electrons. The van der Waals surface area contributed by atoms with Gasteiger partial charge in [0.05, 0.1) is 49.4 Å². The van der Waals surface area contributed by atoms with Crippen LogP contribution < -0.4 is 21.2 Å². The molecule has 0 aliphatic heterocycles. The predicted molar refractivity (Wildman–Crippen MR) is 218 cm³/mol. The third-order valence-electron chi connectivity index (χ3n) is 8.05. The first-order valence-corrected chi connectivity index (χ1v) is 24.9. The standard InChI is InChI=1S/C40H42N2P2.2BrH.Fe/c1-33(41-28-16-30-43(37-20-7-3-8-21-37)38-22-9-4-10-23-38)35-18-15-19-36(32-35)34(2)42-29-17-31-44(39-24-11-5-12-25-39)40-26-13-6-14-27-40;;;/h3-15,18-27,32H,16-17,28-31H2,1-2H3;2*1H;/q;;;+2. The summed E-state index contributed by atoms with van der Waals surface area (Å²) in [6.45, 7) is 5.98. The molecule has 5 rings (SSSR count). The summed E-state index contributed by atoms with van der Waals surface area (Å²) in [6.07, 6.45) is 4.54. The molecule has 7 heteroatoms. The zero-order chi connectivity index (χ0) is 33.1. The van der Waals surface area contributed by atoms with Crippen LogP contribution in [0, 0.1) is 0 Å². The van der Waals surface area contributed by atoms with Crippen molar-refractivity contribution in [2.24, 2.45) is 9.98 Å². The van der Waals surface area contributed by atoms with Crippen molar-refractivity contribution in [2.45, 2.75) is 26.7 Å². The first kappa shape index (κ1) is 37.6. The summed E-state index contributed by atoms with van der Waals surface area (Å²) in [5.41, 5.74) is 4.58. The average Bonchev–Trinajstić information content (AvgIpc) is 3.13. The molecule has 244 valence electrons. The first-order chi connectivity index (χ1) is 23.1. The Morgan fingerprint density at radius 2 is 0.787 bits per heavy atom. The summed E-state index contributed by atoms with van der Waals surface area (Å²) in [5, 5.41) is 5.90. The minimum absolute atomic E-state index is 0.810. The molecule has 0 unspecified atom stereocenters. The zero-order valence-electron chi connectivity index (χ0n) is 27.1. The molecule has 0 atom stereocenters. The van der Waals surface area contributed by atoms with Gasteiger partial charge in [-0.15, -0.1) is 0 Å². The van der Waals surface area contributed by atoms with Crippen molar-refractivity contribution in [3.8, 4) is 0 Å². The van der Waals surface area contributed by atoms with Crippen LogP contribution in [0.4, 0.5) is 0 Å². The quantitative estimate of drug-likeness (QED) is 0.0462. The number of rotatable bonds is 14. The normalized spacial score (nSPS) is 11.9. The number of nitrogens with zero attached hydrogens (tertiary/aromatic N) is 2. The molecule has 0 aliphatic carbocycles. The Bertz CT molecular complexity index is 1450. The monoisotopic (exact) mass is 828 g/mol. The number of hydrogen-bond acceptors (Lipinski definition) is 2. The Labute approximate surface area is 304 Å². The summed E-state index contributed by atoms with van der Waals surface area (Å²) in [5.74, 6) is 0. The molecule has 0 fully saturated rings. The molecule has 47 heavy (non-hydrogen) atoms. The fourth-order valence-corrected chi connectivity index (χ4v) is 10.8. The molecule has 0 saturated carbocycles. The Hall–Kier alpha value is -2.22. The molecule has 0 bridgehead atoms. The van der Waals surface area contributed by atoms with Crippen LogP contribution in [0.1, 0.15) is 37.8 Å². The third kappa shape index (κ3) is 12.6. The van der Waals surface area contributed by atoms with Gasteiger partial charge in [-0.3, -0.25) is 9.98 Å². The van der Waals surface area contributed by atoms with Gasteiger partial charge in [-0.1, -0.05) is 91.0 Å². The minimum atomic E-state index is -0.810. The van der Waals surface area contributed by atoms with Gasteiger partial charge >= 0.3 is 39.6 Å². The maximum atomic E-state index is 5.00. The van der Waals surface area contributed by atoms with Crippen LogP contribution in [0.2, 0.25) is 0 Å². The molecular weight excluding hydrogens is 786 g/mol. The van der Waals surface area contributed by atoms with Crippen LogP contribution in [0.5, 0.6) is 0 Å². The third-order valence-corrected chi connectivity index (χ3v) is 13.9. The van der Waals surface area contributed by atoms with Crippen LogP contribution in [0.25, 0.3) is 0 Å². The molecule has 2 nitrogen and oxygen atoms in total. The Kier molecular flexibility index (Phi) is 17.3. The fraction of sp³-hybridized carbons (Fsp3) is 0.200. The van der Waals surface area contributed by atoms with Crippen LogP contribution in [0.3, 0.4) is 0 Å². The van der Waals surface area contributed by atoms with E-state index in [4.69, 9.17) is 9.98 Å². The molecule has 0 amide bonds. The van der Waals surface area contributed by atoms with E-state index >= 15 is 0 Å². The summed E-state index contributed by atoms with van der Waals surface area (Å²) in [6, 6.07) is 52.8. The van der Waals surface area contributed by atoms with Crippen molar-refractivity contribution in [3.63, 3.8) is 0 Å². The predicted octanol–water partition coefficient (Wildman–Crippen LogP) is 9.50. The molecule has 5 aromatic rings. The Morgan fingerprint density at radius 3 is 1.09 bits per heavy atom. The SMILES string of the molecule is CC(=NCCC[PH+](c1ccccc1)c1ccccc1)c1cccc(C(C)=NCCC[PH+](c2ccccc2)c2ccccc2)c1.[Br][Fe][Br]. The summed E-state index contributed by atoms with van der Waals surface area (Å²) in [7, 11) is -1.62. The molecule has 0 spiro atoms. The van der Waals surface area contributed by atoms with Gasteiger partial charge < -0.3 is 0 Å². The van der Waals surface area contributed by atoms with E-state index < -0.39 is 15.8 Å². The van der Waals surface area contributed by atoms with Crippen LogP contribution >= 0.6 is 44.1 Å². The van der Waals surface area contributed by atoms with Gasteiger partial charge in [0.25, 0.3) is 0 Å². The van der Waals surface area contributed by atoms with Crippen LogP contribution in [-0.4, -0.2) is 36.8 Å². The van der Waals surface area contributed by atoms with E-state index in [2.05, 4.69) is 188 Å². The van der Waals surface area contributed by atoms with Crippen LogP contribution in [-0.2, 0) is 11.3 Å². The average molecular weight is 830 g/mol. The molecule has 5 aromatic carbocycles. The number of hydrogen-bond donors (Lipinski definition) is 0. The summed E-state index contributed by atoms with van der Waals surface area (Å²) in [4.78, 5) is 10.0. The Morgan fingerprint density at radius 1 is 0.489 bits per heavy atom. The van der Waals surface area contributed by atoms with Gasteiger partial charge in [0, 0.05) is 37.4 Å². The van der Waals surface area contributed by atoms with Gasteiger partial charge in [-0.05, 0) is 79.6 Å². The van der Waals surface area contributed by atoms with Crippen molar-refractivity contribution in [1.82, 2.24) is 0 Å². The van der Waals surface area contributed by atoms with Gasteiger partial charge in [-0.25, -0.2) is 0 Å². The Balaban J connectivity index is 0.00000160. The first-order valence-electron chi connectivity index (χ1n) is 16.0. The van der Waals surface area contributed by atoms with E-state index in [1.807, 2.05) is 0 Å². The van der Waals surface area contributed by atoms with Crippen LogP contribution in [0.15, 0.2) is 156 Å². The van der Waals surface area contributed by atoms with E-state index in [0.717, 1.165) is 48.7 Å². The van der Waals surface area contributed by atoms with Gasteiger partial charge in [0.15, 0.2) is 0 Å². The van der Waals surface area contributed by atoms with E-state index in [-0.39, 0.29) is 0 Å². The van der Waals surface area contributed by atoms with Crippen molar-refractivity contribution in [2.75, 3.05) is 25.4 Å². The van der Waals surface area contributed by atoms with Gasteiger partial charge in [0.2, 0.25) is 0 Å². The maximum absolute atomic E-state index is 5.00. The molecule has 0 saturated heterocycles. The molecule has 0 heterocycles. The van der Waals surface area contributed by atoms with Crippen molar-refractivity contribution < 1.29 is 11.3 Å². The van der Waals surface area contributed by atoms with E-state index in [1.54, 1.807) is 0 Å². The van der Waals surface area contributed by atoms with Crippen molar-refractivity contribution in [1.29, 1.82) is 0 Å². The second-order valence-corrected chi connectivity index (χ2v) is 22.0. The van der Waals surface area contributed by atoms with E-state index in [9.17, 15) is 0 Å². The van der Waals surface area contributed by atoms with E-state index in [1.165, 1.54) is 44.7 Å². The fourth-order valence-electron chi connectivity index (χ4n) is 5.63. The van der Waals surface area contributed by atoms with Crippen molar-refractivity contribution in [3.05, 3.63) is 157 Å². The summed E-state index contributed by atoms with van der Waals surface area (Å²) >= 11 is 7.00.